The lowest BCUT2D eigenvalue weighted by Gasteiger charge is -2.15. The molecule has 13 rings (SSSR count). The quantitative estimate of drug-likeness (QED) is 0.168. The average molecular weight is 806 g/mol. The van der Waals surface area contributed by atoms with E-state index >= 15 is 0 Å². The molecule has 0 aliphatic rings. The van der Waals surface area contributed by atoms with Crippen LogP contribution in [0, 0.1) is 0 Å². The van der Waals surface area contributed by atoms with Crippen molar-refractivity contribution in [3.8, 4) is 56.7 Å². The smallest absolute Gasteiger partial charge is 0.167 e. The Balaban J connectivity index is 1.19. The van der Waals surface area contributed by atoms with Crippen LogP contribution in [0.3, 0.4) is 0 Å². The van der Waals surface area contributed by atoms with Crippen LogP contribution in [-0.4, -0.2) is 24.1 Å². The van der Waals surface area contributed by atoms with Crippen molar-refractivity contribution in [2.24, 2.45) is 0 Å². The minimum atomic E-state index is 0.541. The van der Waals surface area contributed by atoms with Gasteiger partial charge in [-0.15, -0.1) is 0 Å². The van der Waals surface area contributed by atoms with Gasteiger partial charge in [0, 0.05) is 43.7 Å². The van der Waals surface area contributed by atoms with Crippen molar-refractivity contribution in [2.75, 3.05) is 0 Å². The van der Waals surface area contributed by atoms with Gasteiger partial charge < -0.3 is 13.6 Å². The number of aromatic nitrogens is 5. The second-order valence-electron chi connectivity index (χ2n) is 15.9. The summed E-state index contributed by atoms with van der Waals surface area (Å²) in [5, 5.41) is 6.72. The molecule has 6 nitrogen and oxygen atoms in total. The summed E-state index contributed by atoms with van der Waals surface area (Å²) < 4.78 is 11.9. The molecule has 0 amide bonds. The number of fused-ring (bicyclic) bond motifs is 10. The molecule has 0 fully saturated rings. The molecule has 0 atom stereocenters. The molecule has 0 saturated heterocycles. The maximum atomic E-state index is 6.98. The topological polar surface area (TPSA) is 61.7 Å². The van der Waals surface area contributed by atoms with E-state index in [1.807, 2.05) is 72.8 Å². The zero-order chi connectivity index (χ0) is 41.4. The van der Waals surface area contributed by atoms with E-state index < -0.39 is 0 Å². The molecule has 0 saturated carbocycles. The summed E-state index contributed by atoms with van der Waals surface area (Å²) in [7, 11) is 0. The molecule has 0 spiro atoms. The number of rotatable bonds is 6. The highest BCUT2D eigenvalue weighted by Gasteiger charge is 2.27. The third-order valence-corrected chi connectivity index (χ3v) is 12.4. The van der Waals surface area contributed by atoms with Gasteiger partial charge in [0.15, 0.2) is 17.5 Å². The van der Waals surface area contributed by atoms with E-state index in [4.69, 9.17) is 19.4 Å². The molecule has 13 aromatic rings. The molecule has 0 aliphatic heterocycles. The normalized spacial score (nSPS) is 11.8. The Morgan fingerprint density at radius 3 is 1.54 bits per heavy atom. The number of hydrogen-bond acceptors (Lipinski definition) is 4. The third kappa shape index (κ3) is 5.41. The van der Waals surface area contributed by atoms with Crippen LogP contribution in [0.5, 0.6) is 0 Å². The fraction of sp³-hybridized carbons (Fsp3) is 0. The second kappa shape index (κ2) is 14.0. The van der Waals surface area contributed by atoms with Gasteiger partial charge in [0.05, 0.1) is 38.7 Å². The first kappa shape index (κ1) is 35.2. The van der Waals surface area contributed by atoms with Crippen LogP contribution in [0.2, 0.25) is 0 Å². The van der Waals surface area contributed by atoms with Crippen molar-refractivity contribution >= 4 is 65.6 Å². The number of benzene rings is 9. The van der Waals surface area contributed by atoms with Gasteiger partial charge in [0.2, 0.25) is 0 Å². The fourth-order valence-electron chi connectivity index (χ4n) is 9.64. The first-order valence-electron chi connectivity index (χ1n) is 21.2. The first-order valence-corrected chi connectivity index (χ1v) is 21.2. The number of furan rings is 1. The van der Waals surface area contributed by atoms with Crippen LogP contribution >= 0.6 is 0 Å². The zero-order valence-corrected chi connectivity index (χ0v) is 33.9. The van der Waals surface area contributed by atoms with E-state index in [0.29, 0.717) is 23.1 Å². The predicted octanol–water partition coefficient (Wildman–Crippen LogP) is 14.6. The molecule has 9 aromatic carbocycles. The van der Waals surface area contributed by atoms with E-state index in [2.05, 4.69) is 149 Å². The molecule has 294 valence electrons. The minimum Gasteiger partial charge on any atom is -0.455 e. The average Bonchev–Trinajstić information content (AvgIpc) is 4.03. The minimum absolute atomic E-state index is 0.541. The van der Waals surface area contributed by atoms with Crippen molar-refractivity contribution in [1.29, 1.82) is 0 Å². The lowest BCUT2D eigenvalue weighted by Crippen LogP contribution is -2.02. The van der Waals surface area contributed by atoms with Crippen LogP contribution in [0.15, 0.2) is 217 Å². The SMILES string of the molecule is c1ccc(-c2nc(-c3ccccc3)nc(-c3ccc(-n4c5ccccc5c5cc(-c6ccccc6)c6c7ccccc7n(-c7ccccc7)c6c54)c4c3oc3ccccc34)n2)cc1. The molecule has 0 N–H and O–H groups in total. The Hall–Kier alpha value is -8.61. The van der Waals surface area contributed by atoms with Gasteiger partial charge in [0.25, 0.3) is 0 Å². The van der Waals surface area contributed by atoms with Gasteiger partial charge in [0.1, 0.15) is 11.2 Å². The molecule has 4 aromatic heterocycles. The first-order chi connectivity index (χ1) is 31.3. The van der Waals surface area contributed by atoms with Crippen LogP contribution < -0.4 is 0 Å². The molecule has 0 aliphatic carbocycles. The standard InChI is InChI=1S/C57H35N5O/c1-5-19-36(20-6-1)44-35-45-40-27-13-16-30-46(40)62(52(45)53-50(44)41-28-14-17-31-47(41)61(53)39-25-11-4-12-26-39)48-34-33-43(54-51(48)42-29-15-18-32-49(42)63-54)57-59-55(37-21-7-2-8-22-37)58-56(60-57)38-23-9-3-10-24-38/h1-35H. The van der Waals surface area contributed by atoms with Crippen molar-refractivity contribution in [1.82, 2.24) is 24.1 Å². The van der Waals surface area contributed by atoms with E-state index in [9.17, 15) is 0 Å². The summed E-state index contributed by atoms with van der Waals surface area (Å²) in [5.74, 6) is 1.74. The van der Waals surface area contributed by atoms with Crippen LogP contribution in [-0.2, 0) is 0 Å². The molecular weight excluding hydrogens is 771 g/mol. The third-order valence-electron chi connectivity index (χ3n) is 12.4. The summed E-state index contributed by atoms with van der Waals surface area (Å²) in [4.78, 5) is 15.3. The Bertz CT molecular complexity index is 3830. The summed E-state index contributed by atoms with van der Waals surface area (Å²) in [6, 6.07) is 74.4. The van der Waals surface area contributed by atoms with Gasteiger partial charge in [-0.25, -0.2) is 15.0 Å². The van der Waals surface area contributed by atoms with Gasteiger partial charge >= 0.3 is 0 Å². The number of nitrogens with zero attached hydrogens (tertiary/aromatic N) is 5. The highest BCUT2D eigenvalue weighted by Crippen LogP contribution is 2.48. The summed E-state index contributed by atoms with van der Waals surface area (Å²) in [5.41, 5.74) is 13.1. The van der Waals surface area contributed by atoms with Crippen LogP contribution in [0.1, 0.15) is 0 Å². The second-order valence-corrected chi connectivity index (χ2v) is 15.9. The highest BCUT2D eigenvalue weighted by atomic mass is 16.3. The lowest BCUT2D eigenvalue weighted by atomic mass is 9.96. The summed E-state index contributed by atoms with van der Waals surface area (Å²) in [6.45, 7) is 0. The highest BCUT2D eigenvalue weighted by molar-refractivity contribution is 6.29. The van der Waals surface area contributed by atoms with Crippen molar-refractivity contribution < 1.29 is 4.42 Å². The van der Waals surface area contributed by atoms with Gasteiger partial charge in [-0.3, -0.25) is 0 Å². The maximum absolute atomic E-state index is 6.98. The Morgan fingerprint density at radius 1 is 0.349 bits per heavy atom. The number of hydrogen-bond donors (Lipinski definition) is 0. The Kier molecular flexibility index (Phi) is 7.80. The van der Waals surface area contributed by atoms with E-state index in [-0.39, 0.29) is 0 Å². The van der Waals surface area contributed by atoms with E-state index in [1.165, 1.54) is 32.7 Å². The molecule has 0 radical (unpaired) electrons. The van der Waals surface area contributed by atoms with Gasteiger partial charge in [-0.05, 0) is 59.7 Å². The molecular formula is C57H35N5O. The van der Waals surface area contributed by atoms with Crippen molar-refractivity contribution in [3.63, 3.8) is 0 Å². The van der Waals surface area contributed by atoms with Gasteiger partial charge in [-0.1, -0.05) is 164 Å². The zero-order valence-electron chi connectivity index (χ0n) is 33.9. The molecule has 4 heterocycles. The monoisotopic (exact) mass is 805 g/mol. The van der Waals surface area contributed by atoms with Crippen LogP contribution in [0.25, 0.3) is 122 Å². The van der Waals surface area contributed by atoms with Crippen molar-refractivity contribution in [2.45, 2.75) is 0 Å². The maximum Gasteiger partial charge on any atom is 0.167 e. The molecule has 0 bridgehead atoms. The van der Waals surface area contributed by atoms with Gasteiger partial charge in [-0.2, -0.15) is 0 Å². The Morgan fingerprint density at radius 2 is 0.873 bits per heavy atom. The lowest BCUT2D eigenvalue weighted by molar-refractivity contribution is 0.669. The number of para-hydroxylation sites is 4. The molecule has 6 heteroatoms. The predicted molar refractivity (Wildman–Crippen MR) is 258 cm³/mol. The van der Waals surface area contributed by atoms with E-state index in [1.54, 1.807) is 0 Å². The summed E-state index contributed by atoms with van der Waals surface area (Å²) >= 11 is 0. The van der Waals surface area contributed by atoms with E-state index in [0.717, 1.165) is 66.5 Å². The molecule has 0 unspecified atom stereocenters. The fourth-order valence-corrected chi connectivity index (χ4v) is 9.64. The van der Waals surface area contributed by atoms with Crippen LogP contribution in [0.4, 0.5) is 0 Å². The largest absolute Gasteiger partial charge is 0.455 e. The Labute approximate surface area is 361 Å². The van der Waals surface area contributed by atoms with Crippen molar-refractivity contribution in [3.05, 3.63) is 212 Å². The molecule has 63 heavy (non-hydrogen) atoms. The summed E-state index contributed by atoms with van der Waals surface area (Å²) in [6.07, 6.45) is 0.